The Morgan fingerprint density at radius 3 is 2.25 bits per heavy atom. The van der Waals surface area contributed by atoms with Crippen molar-refractivity contribution in [1.29, 1.82) is 0 Å². The van der Waals surface area contributed by atoms with E-state index in [1.54, 1.807) is 42.5 Å². The van der Waals surface area contributed by atoms with Crippen molar-refractivity contribution < 1.29 is 13.2 Å². The van der Waals surface area contributed by atoms with Gasteiger partial charge in [-0.3, -0.25) is 4.79 Å². The first-order valence-corrected chi connectivity index (χ1v) is 7.44. The summed E-state index contributed by atoms with van der Waals surface area (Å²) >= 11 is 0. The predicted molar refractivity (Wildman–Crippen MR) is 76.4 cm³/mol. The standard InChI is InChI=1S/C15H11NO3S/c17-11-12-10-16(15-9-5-4-8-14(12)15)20(18,19)13-6-2-1-3-7-13/h1-11H. The first kappa shape index (κ1) is 12.6. The fourth-order valence-electron chi connectivity index (χ4n) is 2.17. The Morgan fingerprint density at radius 1 is 0.900 bits per heavy atom. The van der Waals surface area contributed by atoms with Gasteiger partial charge in [-0.1, -0.05) is 36.4 Å². The van der Waals surface area contributed by atoms with E-state index in [0.717, 1.165) is 3.97 Å². The Hall–Kier alpha value is -2.40. The van der Waals surface area contributed by atoms with Crippen LogP contribution in [0.4, 0.5) is 0 Å². The van der Waals surface area contributed by atoms with Crippen molar-refractivity contribution >= 4 is 27.2 Å². The van der Waals surface area contributed by atoms with Crippen molar-refractivity contribution in [2.45, 2.75) is 4.90 Å². The molecular weight excluding hydrogens is 274 g/mol. The number of fused-ring (bicyclic) bond motifs is 1. The summed E-state index contributed by atoms with van der Waals surface area (Å²) in [5, 5.41) is 0.627. The Labute approximate surface area is 116 Å². The Bertz CT molecular complexity index is 880. The maximum Gasteiger partial charge on any atom is 0.268 e. The van der Waals surface area contributed by atoms with Gasteiger partial charge in [0.15, 0.2) is 6.29 Å². The van der Waals surface area contributed by atoms with Crippen molar-refractivity contribution in [2.24, 2.45) is 0 Å². The second-order valence-corrected chi connectivity index (χ2v) is 6.15. The average molecular weight is 285 g/mol. The minimum atomic E-state index is -3.70. The molecule has 1 heterocycles. The number of para-hydroxylation sites is 1. The highest BCUT2D eigenvalue weighted by molar-refractivity contribution is 7.90. The van der Waals surface area contributed by atoms with Gasteiger partial charge in [0.05, 0.1) is 10.4 Å². The van der Waals surface area contributed by atoms with Crippen molar-refractivity contribution in [3.05, 3.63) is 66.4 Å². The van der Waals surface area contributed by atoms with Crippen LogP contribution in [0.15, 0.2) is 65.7 Å². The van der Waals surface area contributed by atoms with Gasteiger partial charge in [-0.25, -0.2) is 12.4 Å². The lowest BCUT2D eigenvalue weighted by molar-refractivity contribution is 0.112. The second-order valence-electron chi connectivity index (χ2n) is 4.33. The lowest BCUT2D eigenvalue weighted by atomic mass is 10.2. The number of carbonyl (C=O) groups is 1. The Balaban J connectivity index is 2.33. The van der Waals surface area contributed by atoms with E-state index < -0.39 is 10.0 Å². The van der Waals surface area contributed by atoms with Crippen molar-refractivity contribution in [3.8, 4) is 0 Å². The molecule has 0 N–H and O–H groups in total. The van der Waals surface area contributed by atoms with E-state index in [-0.39, 0.29) is 4.90 Å². The number of carbonyl (C=O) groups excluding carboxylic acids is 1. The van der Waals surface area contributed by atoms with Crippen molar-refractivity contribution in [1.82, 2.24) is 3.97 Å². The van der Waals surface area contributed by atoms with E-state index in [4.69, 9.17) is 0 Å². The van der Waals surface area contributed by atoms with Crippen LogP contribution in [0.5, 0.6) is 0 Å². The lowest BCUT2D eigenvalue weighted by Crippen LogP contribution is -2.11. The summed E-state index contributed by atoms with van der Waals surface area (Å²) < 4.78 is 26.4. The molecule has 100 valence electrons. The first-order valence-electron chi connectivity index (χ1n) is 6.00. The Morgan fingerprint density at radius 2 is 1.55 bits per heavy atom. The van der Waals surface area contributed by atoms with Crippen LogP contribution in [0.2, 0.25) is 0 Å². The molecule has 4 nitrogen and oxygen atoms in total. The second kappa shape index (κ2) is 4.61. The van der Waals surface area contributed by atoms with Gasteiger partial charge in [0.1, 0.15) is 0 Å². The number of aldehydes is 1. The number of hydrogen-bond donors (Lipinski definition) is 0. The highest BCUT2D eigenvalue weighted by Crippen LogP contribution is 2.24. The molecule has 0 fully saturated rings. The van der Waals surface area contributed by atoms with Crippen LogP contribution < -0.4 is 0 Å². The topological polar surface area (TPSA) is 56.1 Å². The molecule has 0 aliphatic heterocycles. The zero-order valence-electron chi connectivity index (χ0n) is 10.4. The summed E-state index contributed by atoms with van der Waals surface area (Å²) in [6.07, 6.45) is 2.03. The van der Waals surface area contributed by atoms with Crippen LogP contribution in [-0.4, -0.2) is 18.7 Å². The molecule has 3 aromatic rings. The molecule has 0 saturated carbocycles. The van der Waals surface area contributed by atoms with Gasteiger partial charge >= 0.3 is 0 Å². The molecule has 0 saturated heterocycles. The average Bonchev–Trinajstić information content (AvgIpc) is 2.88. The van der Waals surface area contributed by atoms with E-state index in [2.05, 4.69) is 0 Å². The molecule has 0 unspecified atom stereocenters. The number of aromatic nitrogens is 1. The van der Waals surface area contributed by atoms with E-state index in [1.165, 1.54) is 18.3 Å². The largest absolute Gasteiger partial charge is 0.298 e. The molecular formula is C15H11NO3S. The minimum Gasteiger partial charge on any atom is -0.298 e. The summed E-state index contributed by atoms with van der Waals surface area (Å²) in [5.74, 6) is 0. The molecule has 0 atom stereocenters. The van der Waals surface area contributed by atoms with Crippen LogP contribution in [0.3, 0.4) is 0 Å². The maximum absolute atomic E-state index is 12.6. The smallest absolute Gasteiger partial charge is 0.268 e. The van der Waals surface area contributed by atoms with Crippen LogP contribution in [-0.2, 0) is 10.0 Å². The van der Waals surface area contributed by atoms with E-state index >= 15 is 0 Å². The quantitative estimate of drug-likeness (QED) is 0.695. The van der Waals surface area contributed by atoms with Crippen LogP contribution in [0.25, 0.3) is 10.9 Å². The fourth-order valence-corrected chi connectivity index (χ4v) is 3.57. The van der Waals surface area contributed by atoms with Gasteiger partial charge in [0.25, 0.3) is 10.0 Å². The highest BCUT2D eigenvalue weighted by atomic mass is 32.2. The molecule has 1 aromatic heterocycles. The summed E-state index contributed by atoms with van der Waals surface area (Å²) in [6.45, 7) is 0. The zero-order chi connectivity index (χ0) is 14.2. The molecule has 0 bridgehead atoms. The van der Waals surface area contributed by atoms with Gasteiger partial charge in [0, 0.05) is 17.1 Å². The predicted octanol–water partition coefficient (Wildman–Crippen LogP) is 2.69. The number of hydrogen-bond acceptors (Lipinski definition) is 3. The van der Waals surface area contributed by atoms with Gasteiger partial charge in [-0.2, -0.15) is 0 Å². The van der Waals surface area contributed by atoms with Gasteiger partial charge in [0.2, 0.25) is 0 Å². The van der Waals surface area contributed by atoms with Crippen LogP contribution in [0.1, 0.15) is 10.4 Å². The zero-order valence-corrected chi connectivity index (χ0v) is 11.2. The molecule has 0 amide bonds. The van der Waals surface area contributed by atoms with E-state index in [9.17, 15) is 13.2 Å². The molecule has 0 spiro atoms. The van der Waals surface area contributed by atoms with Crippen molar-refractivity contribution in [3.63, 3.8) is 0 Å². The van der Waals surface area contributed by atoms with E-state index in [0.29, 0.717) is 22.8 Å². The molecule has 0 aliphatic rings. The number of nitrogens with zero attached hydrogens (tertiary/aromatic N) is 1. The third kappa shape index (κ3) is 1.83. The van der Waals surface area contributed by atoms with Crippen LogP contribution >= 0.6 is 0 Å². The first-order chi connectivity index (χ1) is 9.64. The molecule has 2 aromatic carbocycles. The fraction of sp³-hybridized carbons (Fsp3) is 0. The van der Waals surface area contributed by atoms with Crippen LogP contribution in [0, 0.1) is 0 Å². The lowest BCUT2D eigenvalue weighted by Gasteiger charge is -2.07. The summed E-state index contributed by atoms with van der Waals surface area (Å²) in [7, 11) is -3.70. The van der Waals surface area contributed by atoms with Gasteiger partial charge in [-0.15, -0.1) is 0 Å². The molecule has 5 heteroatoms. The molecule has 0 aliphatic carbocycles. The normalized spacial score (nSPS) is 11.6. The summed E-state index contributed by atoms with van der Waals surface area (Å²) in [5.41, 5.74) is 0.860. The van der Waals surface area contributed by atoms with Gasteiger partial charge in [-0.05, 0) is 18.2 Å². The minimum absolute atomic E-state index is 0.193. The summed E-state index contributed by atoms with van der Waals surface area (Å²) in [6, 6.07) is 15.1. The number of benzene rings is 2. The monoisotopic (exact) mass is 285 g/mol. The maximum atomic E-state index is 12.6. The van der Waals surface area contributed by atoms with Gasteiger partial charge < -0.3 is 0 Å². The van der Waals surface area contributed by atoms with Crippen molar-refractivity contribution in [2.75, 3.05) is 0 Å². The Kier molecular flexibility index (Phi) is 2.91. The number of rotatable bonds is 3. The third-order valence-electron chi connectivity index (χ3n) is 3.14. The highest BCUT2D eigenvalue weighted by Gasteiger charge is 2.20. The van der Waals surface area contributed by atoms with E-state index in [1.807, 2.05) is 0 Å². The molecule has 3 rings (SSSR count). The summed E-state index contributed by atoms with van der Waals surface area (Å²) in [4.78, 5) is 11.3. The third-order valence-corrected chi connectivity index (χ3v) is 4.82. The molecule has 20 heavy (non-hydrogen) atoms. The SMILES string of the molecule is O=Cc1cn(S(=O)(=O)c2ccccc2)c2ccccc12. The molecule has 0 radical (unpaired) electrons.